The molecule has 0 bridgehead atoms. The fraction of sp³-hybridized carbons (Fsp3) is 0. The summed E-state index contributed by atoms with van der Waals surface area (Å²) in [5.41, 5.74) is 8.86. The van der Waals surface area contributed by atoms with Gasteiger partial charge in [-0.3, -0.25) is 4.98 Å². The lowest BCUT2D eigenvalue weighted by Crippen LogP contribution is -1.87. The molecule has 2 heterocycles. The van der Waals surface area contributed by atoms with Gasteiger partial charge in [0.1, 0.15) is 5.75 Å². The summed E-state index contributed by atoms with van der Waals surface area (Å²) in [7, 11) is 0. The number of H-pyrrole nitrogens is 1. The van der Waals surface area contributed by atoms with Crippen LogP contribution >= 0.6 is 0 Å². The number of pyridine rings is 1. The molecular formula is C13H11N3O. The van der Waals surface area contributed by atoms with E-state index in [1.54, 1.807) is 18.3 Å². The second kappa shape index (κ2) is 3.52. The van der Waals surface area contributed by atoms with Crippen molar-refractivity contribution in [3.8, 4) is 17.1 Å². The van der Waals surface area contributed by atoms with Gasteiger partial charge >= 0.3 is 0 Å². The third kappa shape index (κ3) is 1.69. The molecule has 2 aromatic heterocycles. The van der Waals surface area contributed by atoms with Crippen molar-refractivity contribution in [1.29, 1.82) is 0 Å². The molecule has 0 saturated carbocycles. The highest BCUT2D eigenvalue weighted by Gasteiger charge is 2.04. The van der Waals surface area contributed by atoms with Crippen LogP contribution in [0, 0.1) is 0 Å². The molecule has 0 amide bonds. The number of phenolic OH excluding ortho intramolecular Hbond substituents is 1. The van der Waals surface area contributed by atoms with Crippen LogP contribution in [0.2, 0.25) is 0 Å². The van der Waals surface area contributed by atoms with Crippen LogP contribution in [-0.2, 0) is 0 Å². The molecular weight excluding hydrogens is 214 g/mol. The van der Waals surface area contributed by atoms with Gasteiger partial charge in [-0.2, -0.15) is 0 Å². The first-order valence-corrected chi connectivity index (χ1v) is 5.26. The number of benzene rings is 1. The van der Waals surface area contributed by atoms with E-state index in [0.29, 0.717) is 5.69 Å². The van der Waals surface area contributed by atoms with Gasteiger partial charge in [0.15, 0.2) is 0 Å². The minimum atomic E-state index is 0.246. The lowest BCUT2D eigenvalue weighted by atomic mass is 10.2. The number of rotatable bonds is 1. The summed E-state index contributed by atoms with van der Waals surface area (Å²) in [6.07, 6.45) is 1.62. The maximum absolute atomic E-state index is 9.39. The van der Waals surface area contributed by atoms with Crippen LogP contribution in [0.1, 0.15) is 0 Å². The van der Waals surface area contributed by atoms with E-state index in [1.807, 2.05) is 24.3 Å². The summed E-state index contributed by atoms with van der Waals surface area (Å²) in [6.45, 7) is 0. The fourth-order valence-electron chi connectivity index (χ4n) is 1.82. The first-order chi connectivity index (χ1) is 8.22. The van der Waals surface area contributed by atoms with Crippen LogP contribution in [0.3, 0.4) is 0 Å². The number of nitrogens with zero attached hydrogens (tertiary/aromatic N) is 1. The number of nitrogens with two attached hydrogens (primary N) is 1. The molecule has 0 aliphatic carbocycles. The molecule has 0 aliphatic rings. The van der Waals surface area contributed by atoms with Gasteiger partial charge < -0.3 is 15.8 Å². The molecule has 3 rings (SSSR count). The van der Waals surface area contributed by atoms with E-state index in [9.17, 15) is 5.11 Å². The van der Waals surface area contributed by atoms with Gasteiger partial charge in [0.2, 0.25) is 0 Å². The Balaban J connectivity index is 2.14. The van der Waals surface area contributed by atoms with E-state index in [-0.39, 0.29) is 5.75 Å². The van der Waals surface area contributed by atoms with Gasteiger partial charge in [-0.1, -0.05) is 0 Å². The van der Waals surface area contributed by atoms with Gasteiger partial charge in [-0.15, -0.1) is 0 Å². The molecule has 0 aliphatic heterocycles. The van der Waals surface area contributed by atoms with Gasteiger partial charge in [0, 0.05) is 17.0 Å². The summed E-state index contributed by atoms with van der Waals surface area (Å²) < 4.78 is 0. The van der Waals surface area contributed by atoms with Crippen molar-refractivity contribution in [1.82, 2.24) is 9.97 Å². The number of hydrogen-bond donors (Lipinski definition) is 3. The van der Waals surface area contributed by atoms with Crippen LogP contribution in [0.5, 0.6) is 5.75 Å². The molecule has 0 saturated heterocycles. The van der Waals surface area contributed by atoms with E-state index < -0.39 is 0 Å². The average molecular weight is 225 g/mol. The molecule has 4 heteroatoms. The number of aromatic hydroxyl groups is 1. The van der Waals surface area contributed by atoms with E-state index >= 15 is 0 Å². The zero-order valence-electron chi connectivity index (χ0n) is 9.01. The molecule has 84 valence electrons. The Labute approximate surface area is 97.7 Å². The summed E-state index contributed by atoms with van der Waals surface area (Å²) >= 11 is 0. The SMILES string of the molecule is Nc1ccc(-c2cc3ccc(O)cc3[nH]2)nc1. The normalized spacial score (nSPS) is 10.8. The zero-order chi connectivity index (χ0) is 11.8. The molecule has 4 nitrogen and oxygen atoms in total. The number of nitrogens with one attached hydrogen (secondary N) is 1. The predicted octanol–water partition coefficient (Wildman–Crippen LogP) is 2.52. The number of anilines is 1. The molecule has 0 unspecified atom stereocenters. The number of fused-ring (bicyclic) bond motifs is 1. The standard InChI is InChI=1S/C13H11N3O/c14-9-2-4-11(15-7-9)13-5-8-1-3-10(17)6-12(8)16-13/h1-7,16-17H,14H2. The predicted molar refractivity (Wildman–Crippen MR) is 67.6 cm³/mol. The van der Waals surface area contributed by atoms with Crippen molar-refractivity contribution < 1.29 is 5.11 Å². The summed E-state index contributed by atoms with van der Waals surface area (Å²) in [5.74, 6) is 0.246. The quantitative estimate of drug-likeness (QED) is 0.595. The van der Waals surface area contributed by atoms with Crippen LogP contribution in [0.25, 0.3) is 22.3 Å². The van der Waals surface area contributed by atoms with E-state index in [2.05, 4.69) is 9.97 Å². The highest BCUT2D eigenvalue weighted by molar-refractivity contribution is 5.86. The van der Waals surface area contributed by atoms with Crippen molar-refractivity contribution in [2.24, 2.45) is 0 Å². The minimum absolute atomic E-state index is 0.246. The Morgan fingerprint density at radius 2 is 2.00 bits per heavy atom. The first kappa shape index (κ1) is 9.72. The van der Waals surface area contributed by atoms with E-state index in [4.69, 9.17) is 5.73 Å². The van der Waals surface area contributed by atoms with E-state index in [0.717, 1.165) is 22.3 Å². The van der Waals surface area contributed by atoms with Gasteiger partial charge in [-0.25, -0.2) is 0 Å². The Morgan fingerprint density at radius 1 is 1.12 bits per heavy atom. The summed E-state index contributed by atoms with van der Waals surface area (Å²) in [4.78, 5) is 7.46. The largest absolute Gasteiger partial charge is 0.508 e. The molecule has 4 N–H and O–H groups in total. The Kier molecular flexibility index (Phi) is 2.01. The van der Waals surface area contributed by atoms with Gasteiger partial charge in [-0.05, 0) is 30.3 Å². The van der Waals surface area contributed by atoms with Gasteiger partial charge in [0.25, 0.3) is 0 Å². The lowest BCUT2D eigenvalue weighted by molar-refractivity contribution is 0.476. The van der Waals surface area contributed by atoms with Crippen molar-refractivity contribution in [2.75, 3.05) is 5.73 Å². The highest BCUT2D eigenvalue weighted by atomic mass is 16.3. The lowest BCUT2D eigenvalue weighted by Gasteiger charge is -1.96. The van der Waals surface area contributed by atoms with Crippen molar-refractivity contribution >= 4 is 16.6 Å². The monoisotopic (exact) mass is 225 g/mol. The van der Waals surface area contributed by atoms with Crippen LogP contribution < -0.4 is 5.73 Å². The second-order valence-electron chi connectivity index (χ2n) is 3.93. The first-order valence-electron chi connectivity index (χ1n) is 5.26. The third-order valence-electron chi connectivity index (χ3n) is 2.67. The Bertz CT molecular complexity index is 671. The summed E-state index contributed by atoms with van der Waals surface area (Å²) in [6, 6.07) is 10.9. The molecule has 0 atom stereocenters. The van der Waals surface area contributed by atoms with Crippen molar-refractivity contribution in [3.05, 3.63) is 42.6 Å². The Morgan fingerprint density at radius 3 is 2.76 bits per heavy atom. The molecule has 0 radical (unpaired) electrons. The number of nitrogen functional groups attached to an aromatic ring is 1. The number of phenols is 1. The Hall–Kier alpha value is -2.49. The zero-order valence-corrected chi connectivity index (χ0v) is 9.01. The fourth-order valence-corrected chi connectivity index (χ4v) is 1.82. The van der Waals surface area contributed by atoms with Crippen LogP contribution in [0.4, 0.5) is 5.69 Å². The molecule has 3 aromatic rings. The highest BCUT2D eigenvalue weighted by Crippen LogP contribution is 2.25. The number of aromatic amines is 1. The average Bonchev–Trinajstić information content (AvgIpc) is 2.72. The van der Waals surface area contributed by atoms with Crippen molar-refractivity contribution in [3.63, 3.8) is 0 Å². The summed E-state index contributed by atoms with van der Waals surface area (Å²) in [5, 5.41) is 10.4. The van der Waals surface area contributed by atoms with Crippen LogP contribution in [-0.4, -0.2) is 15.1 Å². The van der Waals surface area contributed by atoms with E-state index in [1.165, 1.54) is 0 Å². The van der Waals surface area contributed by atoms with Crippen molar-refractivity contribution in [2.45, 2.75) is 0 Å². The van der Waals surface area contributed by atoms with Gasteiger partial charge in [0.05, 0.1) is 23.3 Å². The minimum Gasteiger partial charge on any atom is -0.508 e. The smallest absolute Gasteiger partial charge is 0.117 e. The maximum atomic E-state index is 9.39. The topological polar surface area (TPSA) is 74.9 Å². The molecule has 0 spiro atoms. The number of hydrogen-bond acceptors (Lipinski definition) is 3. The molecule has 17 heavy (non-hydrogen) atoms. The maximum Gasteiger partial charge on any atom is 0.117 e. The molecule has 0 fully saturated rings. The third-order valence-corrected chi connectivity index (χ3v) is 2.67. The molecule has 1 aromatic carbocycles. The number of aromatic nitrogens is 2. The van der Waals surface area contributed by atoms with Crippen LogP contribution in [0.15, 0.2) is 42.6 Å². The second-order valence-corrected chi connectivity index (χ2v) is 3.93.